The van der Waals surface area contributed by atoms with Gasteiger partial charge in [0.15, 0.2) is 5.78 Å². The molecule has 108 valence electrons. The number of hydrogen-bond acceptors (Lipinski definition) is 3. The third kappa shape index (κ3) is 12.0. The maximum absolute atomic E-state index is 10.9. The van der Waals surface area contributed by atoms with Crippen LogP contribution in [0.1, 0.15) is 47.5 Å². The van der Waals surface area contributed by atoms with Crippen molar-refractivity contribution < 1.29 is 14.7 Å². The Morgan fingerprint density at radius 1 is 1.11 bits per heavy atom. The van der Waals surface area contributed by atoms with E-state index in [4.69, 9.17) is 5.11 Å². The Morgan fingerprint density at radius 2 is 1.50 bits per heavy atom. The van der Waals surface area contributed by atoms with Gasteiger partial charge in [0, 0.05) is 27.6 Å². The number of hydrogen-bond donors (Lipinski definition) is 1. The summed E-state index contributed by atoms with van der Waals surface area (Å²) in [5.41, 5.74) is 0. The predicted molar refractivity (Wildman–Crippen MR) is 79.8 cm³/mol. The van der Waals surface area contributed by atoms with E-state index in [9.17, 15) is 9.59 Å². The van der Waals surface area contributed by atoms with Crippen molar-refractivity contribution in [3.05, 3.63) is 0 Å². The second kappa shape index (κ2) is 9.45. The first-order valence-electron chi connectivity index (χ1n) is 6.67. The molecule has 3 nitrogen and oxygen atoms in total. The molecule has 0 fully saturated rings. The molecule has 0 aliphatic carbocycles. The number of aliphatic hydroxyl groups excluding tert-OH is 1. The van der Waals surface area contributed by atoms with Crippen LogP contribution in [0.15, 0.2) is 0 Å². The number of aliphatic hydroxyl groups is 1. The van der Waals surface area contributed by atoms with Crippen LogP contribution in [0.4, 0.5) is 0 Å². The molecule has 0 aromatic heterocycles. The standard InChI is InChI=1S/C8H14O3.C6H16Si/c1-6(2)8(11)4-3-7(10)5-9;1-6(2,3)7(4)5/h6,9H,3-5H2,1-2H3;7H,1-5H3. The summed E-state index contributed by atoms with van der Waals surface area (Å²) in [5, 5.41) is 8.96. The Kier molecular flexibility index (Phi) is 10.4. The molecule has 0 bridgehead atoms. The van der Waals surface area contributed by atoms with Crippen LogP contribution >= 0.6 is 0 Å². The summed E-state index contributed by atoms with van der Waals surface area (Å²) in [6.45, 7) is 14.9. The highest BCUT2D eigenvalue weighted by atomic mass is 28.3. The van der Waals surface area contributed by atoms with Gasteiger partial charge in [-0.3, -0.25) is 9.59 Å². The topological polar surface area (TPSA) is 54.4 Å². The van der Waals surface area contributed by atoms with Crippen LogP contribution in [0, 0.1) is 5.92 Å². The van der Waals surface area contributed by atoms with Gasteiger partial charge in [-0.05, 0) is 5.04 Å². The molecule has 1 N–H and O–H groups in total. The molecule has 0 aromatic carbocycles. The summed E-state index contributed by atoms with van der Waals surface area (Å²) < 4.78 is 0. The zero-order valence-corrected chi connectivity index (χ0v) is 14.2. The second-order valence-corrected chi connectivity index (χ2v) is 10.4. The third-order valence-electron chi connectivity index (χ3n) is 3.20. The van der Waals surface area contributed by atoms with Gasteiger partial charge >= 0.3 is 0 Å². The van der Waals surface area contributed by atoms with Crippen LogP contribution in [0.25, 0.3) is 0 Å². The van der Waals surface area contributed by atoms with Gasteiger partial charge in [0.1, 0.15) is 12.4 Å². The quantitative estimate of drug-likeness (QED) is 0.784. The van der Waals surface area contributed by atoms with Gasteiger partial charge in [0.25, 0.3) is 0 Å². The first-order valence-corrected chi connectivity index (χ1v) is 9.56. The van der Waals surface area contributed by atoms with Gasteiger partial charge in [-0.1, -0.05) is 47.7 Å². The van der Waals surface area contributed by atoms with Crippen LogP contribution < -0.4 is 0 Å². The SMILES string of the molecule is CC(C)C(=O)CCC(=O)CO.C[SiH](C)C(C)(C)C. The average molecular weight is 274 g/mol. The van der Waals surface area contributed by atoms with Crippen LogP contribution in [0.2, 0.25) is 18.1 Å². The lowest BCUT2D eigenvalue weighted by molar-refractivity contribution is -0.127. The highest BCUT2D eigenvalue weighted by Crippen LogP contribution is 2.25. The first-order chi connectivity index (χ1) is 8.02. The number of carbonyl (C=O) groups is 2. The van der Waals surface area contributed by atoms with Gasteiger partial charge in [-0.15, -0.1) is 0 Å². The summed E-state index contributed by atoms with van der Waals surface area (Å²) >= 11 is 0. The summed E-state index contributed by atoms with van der Waals surface area (Å²) in [6.07, 6.45) is 0.435. The summed E-state index contributed by atoms with van der Waals surface area (Å²) in [6, 6.07) is 0. The molecule has 0 radical (unpaired) electrons. The number of rotatable bonds is 5. The van der Waals surface area contributed by atoms with Crippen LogP contribution in [0.5, 0.6) is 0 Å². The molecule has 0 atom stereocenters. The lowest BCUT2D eigenvalue weighted by Gasteiger charge is -2.21. The molecule has 0 amide bonds. The Morgan fingerprint density at radius 3 is 1.72 bits per heavy atom. The molecule has 0 aliphatic heterocycles. The fraction of sp³-hybridized carbons (Fsp3) is 0.857. The van der Waals surface area contributed by atoms with E-state index in [1.54, 1.807) is 13.8 Å². The molecule has 18 heavy (non-hydrogen) atoms. The molecular weight excluding hydrogens is 244 g/mol. The molecule has 0 unspecified atom stereocenters. The van der Waals surface area contributed by atoms with Crippen molar-refractivity contribution in [2.45, 2.75) is 65.6 Å². The van der Waals surface area contributed by atoms with Gasteiger partial charge in [0.05, 0.1) is 0 Å². The van der Waals surface area contributed by atoms with Gasteiger partial charge < -0.3 is 5.11 Å². The van der Waals surface area contributed by atoms with Gasteiger partial charge in [0.2, 0.25) is 0 Å². The summed E-state index contributed by atoms with van der Waals surface area (Å²) in [4.78, 5) is 21.5. The number of carbonyl (C=O) groups excluding carboxylic acids is 2. The molecule has 0 saturated heterocycles. The van der Waals surface area contributed by atoms with Crippen molar-refractivity contribution in [1.82, 2.24) is 0 Å². The van der Waals surface area contributed by atoms with Crippen molar-refractivity contribution >= 4 is 20.4 Å². The van der Waals surface area contributed by atoms with Crippen molar-refractivity contribution in [1.29, 1.82) is 0 Å². The fourth-order valence-corrected chi connectivity index (χ4v) is 0.630. The zero-order valence-electron chi connectivity index (χ0n) is 13.0. The largest absolute Gasteiger partial charge is 0.389 e. The van der Waals surface area contributed by atoms with E-state index >= 15 is 0 Å². The van der Waals surface area contributed by atoms with E-state index < -0.39 is 6.61 Å². The predicted octanol–water partition coefficient (Wildman–Crippen LogP) is 2.83. The average Bonchev–Trinajstić information content (AvgIpc) is 2.24. The number of ketones is 2. The van der Waals surface area contributed by atoms with Crippen LogP contribution in [-0.4, -0.2) is 32.1 Å². The van der Waals surface area contributed by atoms with E-state index in [0.717, 1.165) is 0 Å². The van der Waals surface area contributed by atoms with E-state index in [1.807, 2.05) is 0 Å². The van der Waals surface area contributed by atoms with Crippen molar-refractivity contribution in [3.8, 4) is 0 Å². The normalized spacial score (nSPS) is 11.2. The molecule has 0 rings (SSSR count). The van der Waals surface area contributed by atoms with E-state index in [0.29, 0.717) is 5.04 Å². The highest BCUT2D eigenvalue weighted by molar-refractivity contribution is 6.59. The summed E-state index contributed by atoms with van der Waals surface area (Å²) in [5.74, 6) is -0.202. The minimum absolute atomic E-state index is 0.0125. The minimum Gasteiger partial charge on any atom is -0.389 e. The van der Waals surface area contributed by atoms with Gasteiger partial charge in [-0.25, -0.2) is 0 Å². The van der Waals surface area contributed by atoms with Crippen molar-refractivity contribution in [2.75, 3.05) is 6.61 Å². The van der Waals surface area contributed by atoms with E-state index in [-0.39, 0.29) is 39.1 Å². The van der Waals surface area contributed by atoms with Gasteiger partial charge in [-0.2, -0.15) is 0 Å². The molecule has 0 aromatic rings. The van der Waals surface area contributed by atoms with Crippen molar-refractivity contribution in [3.63, 3.8) is 0 Å². The van der Waals surface area contributed by atoms with E-state index in [1.165, 1.54) is 0 Å². The maximum Gasteiger partial charge on any atom is 0.158 e. The van der Waals surface area contributed by atoms with E-state index in [2.05, 4.69) is 33.9 Å². The van der Waals surface area contributed by atoms with Crippen molar-refractivity contribution in [2.24, 2.45) is 5.92 Å². The summed E-state index contributed by atoms with van der Waals surface area (Å²) in [7, 11) is -0.359. The molecule has 4 heteroatoms. The molecule has 0 spiro atoms. The fourth-order valence-electron chi connectivity index (χ4n) is 0.630. The molecule has 0 saturated carbocycles. The Balaban J connectivity index is 0. The zero-order chi connectivity index (χ0) is 14.9. The highest BCUT2D eigenvalue weighted by Gasteiger charge is 2.15. The Labute approximate surface area is 114 Å². The smallest absolute Gasteiger partial charge is 0.158 e. The second-order valence-electron chi connectivity index (χ2n) is 6.34. The molecule has 0 heterocycles. The Hall–Kier alpha value is -0.483. The molecule has 0 aliphatic rings. The van der Waals surface area contributed by atoms with Crippen LogP contribution in [0.3, 0.4) is 0 Å². The number of Topliss-reactive ketones (excluding diaryl/α,β-unsaturated/α-hetero) is 2. The lowest BCUT2D eigenvalue weighted by Crippen LogP contribution is -2.16. The minimum atomic E-state index is -0.453. The maximum atomic E-state index is 10.9. The van der Waals surface area contributed by atoms with Crippen LogP contribution in [-0.2, 0) is 9.59 Å². The molecular formula is C14H30O3Si. The first kappa shape index (κ1) is 19.8. The monoisotopic (exact) mass is 274 g/mol. The Bertz CT molecular complexity index is 252. The lowest BCUT2D eigenvalue weighted by atomic mass is 10.0. The third-order valence-corrected chi connectivity index (χ3v) is 6.67.